The van der Waals surface area contributed by atoms with E-state index in [1.165, 1.54) is 0 Å². The zero-order valence-electron chi connectivity index (χ0n) is 13.3. The minimum Gasteiger partial charge on any atom is -0.318 e. The van der Waals surface area contributed by atoms with Crippen LogP contribution in [0.3, 0.4) is 0 Å². The van der Waals surface area contributed by atoms with E-state index in [-0.39, 0.29) is 5.92 Å². The Bertz CT molecular complexity index is 742. The Morgan fingerprint density at radius 1 is 0.957 bits per heavy atom. The molecule has 0 saturated carbocycles. The molecule has 2 aromatic rings. The second-order valence-corrected chi connectivity index (χ2v) is 6.49. The van der Waals surface area contributed by atoms with Crippen LogP contribution in [0.5, 0.6) is 0 Å². The first-order valence-electron chi connectivity index (χ1n) is 7.36. The molecule has 0 bridgehead atoms. The highest BCUT2D eigenvalue weighted by atomic mass is 79.9. The number of halogens is 1. The van der Waals surface area contributed by atoms with Gasteiger partial charge in [0.05, 0.1) is 5.69 Å². The summed E-state index contributed by atoms with van der Waals surface area (Å²) in [5.41, 5.74) is 3.27. The van der Waals surface area contributed by atoms with Crippen LogP contribution in [0.4, 0.5) is 11.4 Å². The summed E-state index contributed by atoms with van der Waals surface area (Å²) in [6, 6.07) is 13.0. The lowest BCUT2D eigenvalue weighted by Crippen LogP contribution is -2.29. The summed E-state index contributed by atoms with van der Waals surface area (Å²) in [5, 5.41) is 5.28. The summed E-state index contributed by atoms with van der Waals surface area (Å²) >= 11 is 3.38. The van der Waals surface area contributed by atoms with Crippen molar-refractivity contribution in [3.63, 3.8) is 0 Å². The van der Waals surface area contributed by atoms with Crippen molar-refractivity contribution in [2.24, 2.45) is 0 Å². The Balaban J connectivity index is 2.10. The molecule has 0 aliphatic carbocycles. The number of aryl methyl sites for hydroxylation is 1. The summed E-state index contributed by atoms with van der Waals surface area (Å²) in [7, 11) is 0. The van der Waals surface area contributed by atoms with E-state index in [1.807, 2.05) is 51.1 Å². The van der Waals surface area contributed by atoms with Crippen molar-refractivity contribution >= 4 is 39.1 Å². The van der Waals surface area contributed by atoms with Gasteiger partial charge in [0.15, 0.2) is 0 Å². The van der Waals surface area contributed by atoms with E-state index in [0.29, 0.717) is 11.4 Å². The molecule has 4 nitrogen and oxygen atoms in total. The fraction of sp³-hybridized carbons (Fsp3) is 0.222. The number of amides is 2. The maximum Gasteiger partial charge on any atom is 0.314 e. The van der Waals surface area contributed by atoms with Crippen LogP contribution in [-0.2, 0) is 9.59 Å². The molecule has 0 radical (unpaired) electrons. The van der Waals surface area contributed by atoms with Gasteiger partial charge in [0.25, 0.3) is 0 Å². The standard InChI is InChI=1S/C18H19BrN2O2/c1-11(2)13-6-4-5-7-15(13)20-17(22)18(23)21-16-9-8-12(3)10-14(16)19/h4-11H,1-3H3,(H,20,22)(H,21,23). The van der Waals surface area contributed by atoms with Crippen LogP contribution in [0.25, 0.3) is 0 Å². The molecule has 0 atom stereocenters. The fourth-order valence-corrected chi connectivity index (χ4v) is 2.79. The second-order valence-electron chi connectivity index (χ2n) is 5.63. The Morgan fingerprint density at radius 2 is 1.57 bits per heavy atom. The van der Waals surface area contributed by atoms with E-state index in [1.54, 1.807) is 12.1 Å². The Kier molecular flexibility index (Phi) is 5.55. The molecule has 0 aliphatic rings. The molecule has 2 amide bonds. The number of hydrogen-bond donors (Lipinski definition) is 2. The third-order valence-electron chi connectivity index (χ3n) is 3.41. The smallest absolute Gasteiger partial charge is 0.314 e. The zero-order valence-corrected chi connectivity index (χ0v) is 14.9. The highest BCUT2D eigenvalue weighted by molar-refractivity contribution is 9.10. The maximum absolute atomic E-state index is 12.1. The van der Waals surface area contributed by atoms with E-state index in [4.69, 9.17) is 0 Å². The van der Waals surface area contributed by atoms with Gasteiger partial charge in [0.2, 0.25) is 0 Å². The maximum atomic E-state index is 12.1. The van der Waals surface area contributed by atoms with Crippen molar-refractivity contribution in [3.05, 3.63) is 58.1 Å². The first-order chi connectivity index (χ1) is 10.9. The summed E-state index contributed by atoms with van der Waals surface area (Å²) in [6.07, 6.45) is 0. The fourth-order valence-electron chi connectivity index (χ4n) is 2.19. The molecule has 0 unspecified atom stereocenters. The summed E-state index contributed by atoms with van der Waals surface area (Å²) < 4.78 is 0.737. The van der Waals surface area contributed by atoms with Gasteiger partial charge >= 0.3 is 11.8 Å². The number of hydrogen-bond acceptors (Lipinski definition) is 2. The lowest BCUT2D eigenvalue weighted by molar-refractivity contribution is -0.133. The minimum atomic E-state index is -0.701. The number of carbonyl (C=O) groups is 2. The molecular weight excluding hydrogens is 356 g/mol. The van der Waals surface area contributed by atoms with Crippen LogP contribution in [0.1, 0.15) is 30.9 Å². The zero-order chi connectivity index (χ0) is 17.0. The molecule has 0 aromatic heterocycles. The number of nitrogens with one attached hydrogen (secondary N) is 2. The average molecular weight is 375 g/mol. The Labute approximate surface area is 144 Å². The molecule has 0 aliphatic heterocycles. The van der Waals surface area contributed by atoms with Crippen molar-refractivity contribution in [3.8, 4) is 0 Å². The van der Waals surface area contributed by atoms with Crippen molar-refractivity contribution in [2.75, 3.05) is 10.6 Å². The van der Waals surface area contributed by atoms with Gasteiger partial charge in [0.1, 0.15) is 0 Å². The number of carbonyl (C=O) groups excluding carboxylic acids is 2. The molecule has 23 heavy (non-hydrogen) atoms. The first kappa shape index (κ1) is 17.2. The van der Waals surface area contributed by atoms with Crippen molar-refractivity contribution < 1.29 is 9.59 Å². The van der Waals surface area contributed by atoms with Crippen LogP contribution < -0.4 is 10.6 Å². The van der Waals surface area contributed by atoms with Crippen LogP contribution in [0.15, 0.2) is 46.9 Å². The van der Waals surface area contributed by atoms with E-state index in [2.05, 4.69) is 26.6 Å². The monoisotopic (exact) mass is 374 g/mol. The van der Waals surface area contributed by atoms with Crippen molar-refractivity contribution in [1.82, 2.24) is 0 Å². The molecule has 2 N–H and O–H groups in total. The molecule has 0 fully saturated rings. The van der Waals surface area contributed by atoms with Crippen LogP contribution in [0, 0.1) is 6.92 Å². The number of anilines is 2. The van der Waals surface area contributed by atoms with Crippen molar-refractivity contribution in [1.29, 1.82) is 0 Å². The molecular formula is C18H19BrN2O2. The van der Waals surface area contributed by atoms with Crippen LogP contribution >= 0.6 is 15.9 Å². The van der Waals surface area contributed by atoms with E-state index < -0.39 is 11.8 Å². The van der Waals surface area contributed by atoms with Crippen LogP contribution in [-0.4, -0.2) is 11.8 Å². The summed E-state index contributed by atoms with van der Waals surface area (Å²) in [4.78, 5) is 24.2. The quantitative estimate of drug-likeness (QED) is 0.779. The molecule has 2 rings (SSSR count). The Morgan fingerprint density at radius 3 is 2.17 bits per heavy atom. The number of para-hydroxylation sites is 1. The first-order valence-corrected chi connectivity index (χ1v) is 8.15. The normalized spacial score (nSPS) is 10.5. The van der Waals surface area contributed by atoms with Gasteiger partial charge in [-0.05, 0) is 58.1 Å². The van der Waals surface area contributed by atoms with Gasteiger partial charge in [-0.3, -0.25) is 9.59 Å². The van der Waals surface area contributed by atoms with Gasteiger partial charge in [-0.15, -0.1) is 0 Å². The topological polar surface area (TPSA) is 58.2 Å². The van der Waals surface area contributed by atoms with Gasteiger partial charge in [-0.25, -0.2) is 0 Å². The lowest BCUT2D eigenvalue weighted by atomic mass is 10.0. The molecule has 0 heterocycles. The van der Waals surface area contributed by atoms with Gasteiger partial charge in [0, 0.05) is 10.2 Å². The number of benzene rings is 2. The predicted octanol–water partition coefficient (Wildman–Crippen LogP) is 4.46. The SMILES string of the molecule is Cc1ccc(NC(=O)C(=O)Nc2ccccc2C(C)C)c(Br)c1. The highest BCUT2D eigenvalue weighted by Crippen LogP contribution is 2.25. The predicted molar refractivity (Wildman–Crippen MR) is 96.7 cm³/mol. The van der Waals surface area contributed by atoms with E-state index >= 15 is 0 Å². The van der Waals surface area contributed by atoms with Gasteiger partial charge in [-0.1, -0.05) is 38.1 Å². The summed E-state index contributed by atoms with van der Waals surface area (Å²) in [5.74, 6) is -1.14. The van der Waals surface area contributed by atoms with Gasteiger partial charge < -0.3 is 10.6 Å². The average Bonchev–Trinajstić information content (AvgIpc) is 2.50. The molecule has 120 valence electrons. The highest BCUT2D eigenvalue weighted by Gasteiger charge is 2.17. The lowest BCUT2D eigenvalue weighted by Gasteiger charge is -2.13. The second kappa shape index (κ2) is 7.42. The van der Waals surface area contributed by atoms with Crippen LogP contribution in [0.2, 0.25) is 0 Å². The molecule has 0 saturated heterocycles. The third kappa shape index (κ3) is 4.42. The van der Waals surface area contributed by atoms with E-state index in [9.17, 15) is 9.59 Å². The Hall–Kier alpha value is -2.14. The van der Waals surface area contributed by atoms with E-state index in [0.717, 1.165) is 15.6 Å². The minimum absolute atomic E-state index is 0.251. The van der Waals surface area contributed by atoms with Gasteiger partial charge in [-0.2, -0.15) is 0 Å². The number of rotatable bonds is 3. The largest absolute Gasteiger partial charge is 0.318 e. The molecule has 5 heteroatoms. The van der Waals surface area contributed by atoms with Crippen molar-refractivity contribution in [2.45, 2.75) is 26.7 Å². The third-order valence-corrected chi connectivity index (χ3v) is 4.07. The molecule has 2 aromatic carbocycles. The summed E-state index contributed by atoms with van der Waals surface area (Å²) in [6.45, 7) is 6.02. The molecule has 0 spiro atoms.